The largest absolute Gasteiger partial charge is 0.373 e. The summed E-state index contributed by atoms with van der Waals surface area (Å²) in [5.41, 5.74) is 1.80. The van der Waals surface area contributed by atoms with Crippen LogP contribution in [0, 0.1) is 5.92 Å². The quantitative estimate of drug-likeness (QED) is 0.934. The number of nitrogens with zero attached hydrogens (tertiary/aromatic N) is 3. The molecule has 2 aromatic heterocycles. The standard InChI is InChI=1S/C16H20N4O2/c1-11(14-5-3-4-7-17-14)19-16(21)13-6-8-22-15(13)12-9-18-20(2)10-12/h3-5,7,9-11,13,15H,6,8H2,1-2H3,(H,19,21)/t11-,13+,15-/m1/s1. The Kier molecular flexibility index (Phi) is 4.20. The number of hydrogen-bond donors (Lipinski definition) is 1. The van der Waals surface area contributed by atoms with Crippen LogP contribution in [0.25, 0.3) is 0 Å². The minimum absolute atomic E-state index is 0.00417. The Morgan fingerprint density at radius 2 is 2.36 bits per heavy atom. The van der Waals surface area contributed by atoms with Crippen LogP contribution in [0.15, 0.2) is 36.8 Å². The lowest BCUT2D eigenvalue weighted by Gasteiger charge is -2.20. The van der Waals surface area contributed by atoms with Gasteiger partial charge in [-0.3, -0.25) is 14.5 Å². The van der Waals surface area contributed by atoms with Crippen molar-refractivity contribution in [2.75, 3.05) is 6.61 Å². The van der Waals surface area contributed by atoms with Gasteiger partial charge < -0.3 is 10.1 Å². The number of rotatable bonds is 4. The number of aromatic nitrogens is 3. The van der Waals surface area contributed by atoms with Gasteiger partial charge in [-0.25, -0.2) is 0 Å². The van der Waals surface area contributed by atoms with Crippen LogP contribution in [-0.4, -0.2) is 27.3 Å². The van der Waals surface area contributed by atoms with Crippen LogP contribution in [0.4, 0.5) is 0 Å². The second-order valence-corrected chi connectivity index (χ2v) is 5.62. The maximum absolute atomic E-state index is 12.6. The SMILES string of the molecule is C[C@@H](NC(=O)[C@H]1CCO[C@@H]1c1cnn(C)c1)c1ccccn1. The topological polar surface area (TPSA) is 69.0 Å². The Balaban J connectivity index is 1.69. The first-order chi connectivity index (χ1) is 10.6. The third-order valence-electron chi connectivity index (χ3n) is 3.97. The smallest absolute Gasteiger partial charge is 0.226 e. The highest BCUT2D eigenvalue weighted by Crippen LogP contribution is 2.34. The van der Waals surface area contributed by atoms with Crippen molar-refractivity contribution < 1.29 is 9.53 Å². The van der Waals surface area contributed by atoms with Gasteiger partial charge in [0, 0.05) is 31.6 Å². The first-order valence-corrected chi connectivity index (χ1v) is 7.46. The monoisotopic (exact) mass is 300 g/mol. The summed E-state index contributed by atoms with van der Waals surface area (Å²) in [7, 11) is 1.86. The van der Waals surface area contributed by atoms with E-state index in [1.54, 1.807) is 17.1 Å². The zero-order valence-corrected chi connectivity index (χ0v) is 12.8. The van der Waals surface area contributed by atoms with Crippen molar-refractivity contribution in [3.63, 3.8) is 0 Å². The van der Waals surface area contributed by atoms with E-state index in [9.17, 15) is 4.79 Å². The lowest BCUT2D eigenvalue weighted by molar-refractivity contribution is -0.127. The molecule has 1 fully saturated rings. The molecule has 1 amide bonds. The van der Waals surface area contributed by atoms with E-state index in [0.29, 0.717) is 6.61 Å². The summed E-state index contributed by atoms with van der Waals surface area (Å²) in [5.74, 6) is -0.181. The summed E-state index contributed by atoms with van der Waals surface area (Å²) >= 11 is 0. The predicted molar refractivity (Wildman–Crippen MR) is 80.8 cm³/mol. The molecular weight excluding hydrogens is 280 g/mol. The summed E-state index contributed by atoms with van der Waals surface area (Å²) in [5, 5.41) is 7.19. The molecule has 6 nitrogen and oxygen atoms in total. The van der Waals surface area contributed by atoms with Crippen LogP contribution in [0.3, 0.4) is 0 Å². The van der Waals surface area contributed by atoms with Crippen molar-refractivity contribution in [1.82, 2.24) is 20.1 Å². The zero-order valence-electron chi connectivity index (χ0n) is 12.8. The van der Waals surface area contributed by atoms with Gasteiger partial charge >= 0.3 is 0 Å². The van der Waals surface area contributed by atoms with Gasteiger partial charge in [-0.1, -0.05) is 6.07 Å². The fourth-order valence-electron chi connectivity index (χ4n) is 2.80. The second kappa shape index (κ2) is 6.27. The molecule has 1 N–H and O–H groups in total. The molecule has 0 bridgehead atoms. The zero-order chi connectivity index (χ0) is 15.5. The predicted octanol–water partition coefficient (Wildman–Crippen LogP) is 1.77. The van der Waals surface area contributed by atoms with Gasteiger partial charge in [0.1, 0.15) is 0 Å². The second-order valence-electron chi connectivity index (χ2n) is 5.62. The maximum Gasteiger partial charge on any atom is 0.226 e. The molecule has 2 aromatic rings. The van der Waals surface area contributed by atoms with Gasteiger partial charge in [0.05, 0.1) is 30.0 Å². The highest BCUT2D eigenvalue weighted by atomic mass is 16.5. The van der Waals surface area contributed by atoms with Gasteiger partial charge in [-0.2, -0.15) is 5.10 Å². The average Bonchev–Trinajstić information content (AvgIpc) is 3.16. The van der Waals surface area contributed by atoms with Crippen molar-refractivity contribution in [3.8, 4) is 0 Å². The van der Waals surface area contributed by atoms with E-state index >= 15 is 0 Å². The normalized spacial score (nSPS) is 22.5. The molecule has 0 radical (unpaired) electrons. The molecule has 0 saturated carbocycles. The van der Waals surface area contributed by atoms with Crippen LogP contribution < -0.4 is 5.32 Å². The van der Waals surface area contributed by atoms with Crippen LogP contribution >= 0.6 is 0 Å². The molecule has 0 unspecified atom stereocenters. The first kappa shape index (κ1) is 14.7. The molecule has 1 aliphatic heterocycles. The fourth-order valence-corrected chi connectivity index (χ4v) is 2.80. The third kappa shape index (κ3) is 3.01. The number of carbonyl (C=O) groups is 1. The number of aryl methyl sites for hydroxylation is 1. The van der Waals surface area contributed by atoms with E-state index in [2.05, 4.69) is 15.4 Å². The minimum Gasteiger partial charge on any atom is -0.373 e. The number of hydrogen-bond acceptors (Lipinski definition) is 4. The minimum atomic E-state index is -0.218. The van der Waals surface area contributed by atoms with Crippen molar-refractivity contribution in [2.45, 2.75) is 25.5 Å². The molecule has 3 heterocycles. The number of pyridine rings is 1. The molecule has 0 aromatic carbocycles. The van der Waals surface area contributed by atoms with Crippen molar-refractivity contribution in [1.29, 1.82) is 0 Å². The highest BCUT2D eigenvalue weighted by Gasteiger charge is 2.36. The van der Waals surface area contributed by atoms with Crippen molar-refractivity contribution in [3.05, 3.63) is 48.0 Å². The Bertz CT molecular complexity index is 641. The Morgan fingerprint density at radius 3 is 3.05 bits per heavy atom. The molecule has 0 spiro atoms. The summed E-state index contributed by atoms with van der Waals surface area (Å²) in [6.45, 7) is 2.53. The maximum atomic E-state index is 12.6. The Labute approximate surface area is 129 Å². The van der Waals surface area contributed by atoms with E-state index in [0.717, 1.165) is 17.7 Å². The number of nitrogens with one attached hydrogen (secondary N) is 1. The highest BCUT2D eigenvalue weighted by molar-refractivity contribution is 5.80. The average molecular weight is 300 g/mol. The van der Waals surface area contributed by atoms with Crippen LogP contribution in [0.2, 0.25) is 0 Å². The molecule has 1 aliphatic rings. The van der Waals surface area contributed by atoms with E-state index in [1.807, 2.05) is 38.4 Å². The van der Waals surface area contributed by atoms with Crippen molar-refractivity contribution >= 4 is 5.91 Å². The molecule has 116 valence electrons. The third-order valence-corrected chi connectivity index (χ3v) is 3.97. The van der Waals surface area contributed by atoms with E-state index in [-0.39, 0.29) is 24.0 Å². The van der Waals surface area contributed by atoms with E-state index in [1.165, 1.54) is 0 Å². The van der Waals surface area contributed by atoms with Crippen LogP contribution in [-0.2, 0) is 16.6 Å². The molecule has 1 saturated heterocycles. The summed E-state index contributed by atoms with van der Waals surface area (Å²) in [6.07, 6.45) is 5.90. The summed E-state index contributed by atoms with van der Waals surface area (Å²) in [4.78, 5) is 16.9. The Hall–Kier alpha value is -2.21. The molecular formula is C16H20N4O2. The lowest BCUT2D eigenvalue weighted by atomic mass is 9.96. The number of amides is 1. The van der Waals surface area contributed by atoms with E-state index < -0.39 is 0 Å². The lowest BCUT2D eigenvalue weighted by Crippen LogP contribution is -2.34. The first-order valence-electron chi connectivity index (χ1n) is 7.46. The van der Waals surface area contributed by atoms with Crippen LogP contribution in [0.1, 0.15) is 36.7 Å². The molecule has 6 heteroatoms. The molecule has 3 atom stereocenters. The molecule has 3 rings (SSSR count). The summed E-state index contributed by atoms with van der Waals surface area (Å²) < 4.78 is 7.47. The number of carbonyl (C=O) groups excluding carboxylic acids is 1. The molecule has 22 heavy (non-hydrogen) atoms. The van der Waals surface area contributed by atoms with Gasteiger partial charge in [-0.05, 0) is 25.5 Å². The van der Waals surface area contributed by atoms with Crippen molar-refractivity contribution in [2.24, 2.45) is 13.0 Å². The van der Waals surface area contributed by atoms with E-state index in [4.69, 9.17) is 4.74 Å². The number of ether oxygens (including phenoxy) is 1. The van der Waals surface area contributed by atoms with Gasteiger partial charge in [0.15, 0.2) is 0 Å². The summed E-state index contributed by atoms with van der Waals surface area (Å²) in [6, 6.07) is 5.57. The fraction of sp³-hybridized carbons (Fsp3) is 0.438. The van der Waals surface area contributed by atoms with Gasteiger partial charge in [-0.15, -0.1) is 0 Å². The van der Waals surface area contributed by atoms with Gasteiger partial charge in [0.2, 0.25) is 5.91 Å². The van der Waals surface area contributed by atoms with Gasteiger partial charge in [0.25, 0.3) is 0 Å². The van der Waals surface area contributed by atoms with Crippen LogP contribution in [0.5, 0.6) is 0 Å². The molecule has 0 aliphatic carbocycles. The Morgan fingerprint density at radius 1 is 1.50 bits per heavy atom.